The second-order valence-electron chi connectivity index (χ2n) is 10.3. The lowest BCUT2D eigenvalue weighted by Crippen LogP contribution is -2.36. The molecule has 2 heterocycles. The monoisotopic (exact) mass is 800 g/mol. The number of benzene rings is 3. The normalized spacial score (nSPS) is 13.6. The molecule has 0 N–H and O–H groups in total. The van der Waals surface area contributed by atoms with E-state index in [0.717, 1.165) is 0 Å². The summed E-state index contributed by atoms with van der Waals surface area (Å²) in [5, 5.41) is -4.12. The molecular formula is C26H8F12N2O10S2. The average molecular weight is 800 g/mol. The molecule has 0 atom stereocenters. The number of halogens is 12. The molecule has 3 aromatic carbocycles. The molecule has 52 heavy (non-hydrogen) atoms. The Morgan fingerprint density at radius 2 is 0.596 bits per heavy atom. The van der Waals surface area contributed by atoms with Crippen molar-refractivity contribution in [3.8, 4) is 0 Å². The van der Waals surface area contributed by atoms with Crippen molar-refractivity contribution in [1.29, 1.82) is 0 Å². The van der Waals surface area contributed by atoms with Gasteiger partial charge >= 0.3 is 44.9 Å². The quantitative estimate of drug-likeness (QED) is 0.232. The lowest BCUT2D eigenvalue weighted by molar-refractivity contribution is -0.145. The van der Waals surface area contributed by atoms with Gasteiger partial charge in [0.25, 0.3) is 22.2 Å². The van der Waals surface area contributed by atoms with Crippen molar-refractivity contribution >= 4 is 41.8 Å². The third-order valence-corrected chi connectivity index (χ3v) is 9.18. The van der Waals surface area contributed by atoms with E-state index >= 15 is 0 Å². The minimum absolute atomic E-state index is 0.319. The Bertz CT molecular complexity index is 2420. The van der Waals surface area contributed by atoms with E-state index in [4.69, 9.17) is 0 Å². The highest BCUT2D eigenvalue weighted by Crippen LogP contribution is 2.39. The van der Waals surface area contributed by atoms with E-state index in [1.54, 1.807) is 0 Å². The Kier molecular flexibility index (Phi) is 8.41. The van der Waals surface area contributed by atoms with Crippen LogP contribution in [0.4, 0.5) is 52.7 Å². The van der Waals surface area contributed by atoms with Gasteiger partial charge in [0.2, 0.25) is 0 Å². The summed E-state index contributed by atoms with van der Waals surface area (Å²) in [4.78, 5) is 48.0. The van der Waals surface area contributed by atoms with Crippen LogP contribution in [-0.4, -0.2) is 26.3 Å². The fraction of sp³-hybridized carbons (Fsp3) is 0.154. The van der Waals surface area contributed by atoms with Gasteiger partial charge in [-0.25, -0.2) is 0 Å². The molecule has 0 fully saturated rings. The lowest BCUT2D eigenvalue weighted by atomic mass is 10.1. The van der Waals surface area contributed by atoms with Crippen LogP contribution >= 0.6 is 0 Å². The van der Waals surface area contributed by atoms with Crippen LogP contribution in [0.1, 0.15) is 22.3 Å². The highest BCUT2D eigenvalue weighted by atomic mass is 32.2. The lowest BCUT2D eigenvalue weighted by Gasteiger charge is -2.14. The Hall–Kier alpha value is -5.40. The number of rotatable bonds is 6. The maximum absolute atomic E-state index is 13.2. The second kappa shape index (κ2) is 11.6. The summed E-state index contributed by atoms with van der Waals surface area (Å²) in [7, 11) is -11.8. The smallest absolute Gasteiger partial charge is 0.277 e. The molecule has 26 heteroatoms. The fourth-order valence-electron chi connectivity index (χ4n) is 4.49. The van der Waals surface area contributed by atoms with Crippen molar-refractivity contribution in [3.63, 3.8) is 0 Å². The van der Waals surface area contributed by atoms with Crippen LogP contribution in [0.2, 0.25) is 0 Å². The Labute approximate surface area is 276 Å². The van der Waals surface area contributed by atoms with Crippen LogP contribution in [0.5, 0.6) is 0 Å². The first-order chi connectivity index (χ1) is 23.4. The summed E-state index contributed by atoms with van der Waals surface area (Å²) < 4.78 is 217. The number of hydrogen-bond acceptors (Lipinski definition) is 10. The molecular weight excluding hydrogens is 792 g/mol. The molecule has 0 unspecified atom stereocenters. The van der Waals surface area contributed by atoms with Gasteiger partial charge in [-0.15, -0.1) is 0 Å². The summed E-state index contributed by atoms with van der Waals surface area (Å²) in [6.07, 6.45) is -22.2. The zero-order valence-electron chi connectivity index (χ0n) is 23.9. The minimum atomic E-state index is -5.89. The number of aromatic nitrogens is 2. The van der Waals surface area contributed by atoms with Crippen LogP contribution < -0.4 is 30.8 Å². The van der Waals surface area contributed by atoms with Crippen molar-refractivity contribution < 1.29 is 78.1 Å². The predicted octanol–water partition coefficient (Wildman–Crippen LogP) is 3.62. The first-order valence-electron chi connectivity index (χ1n) is 12.9. The summed E-state index contributed by atoms with van der Waals surface area (Å²) in [5.41, 5.74) is -16.0. The Morgan fingerprint density at radius 1 is 0.385 bits per heavy atom. The Balaban J connectivity index is 1.61. The van der Waals surface area contributed by atoms with Crippen molar-refractivity contribution in [3.05, 3.63) is 112 Å². The molecule has 0 aliphatic carbocycles. The van der Waals surface area contributed by atoms with Crippen molar-refractivity contribution in [2.75, 3.05) is 0 Å². The van der Waals surface area contributed by atoms with E-state index in [2.05, 4.69) is 8.57 Å². The van der Waals surface area contributed by atoms with E-state index in [1.165, 1.54) is 0 Å². The summed E-state index contributed by atoms with van der Waals surface area (Å²) in [5.74, 6) is 0. The average Bonchev–Trinajstić information content (AvgIpc) is 3.37. The molecule has 0 saturated heterocycles. The topological polar surface area (TPSA) is 165 Å². The largest absolute Gasteiger partial charge is 0.416 e. The fourth-order valence-corrected chi connectivity index (χ4v) is 6.41. The van der Waals surface area contributed by atoms with Gasteiger partial charge in [-0.2, -0.15) is 69.5 Å². The van der Waals surface area contributed by atoms with Crippen molar-refractivity contribution in [2.45, 2.75) is 34.5 Å². The van der Waals surface area contributed by atoms with Crippen LogP contribution in [0.3, 0.4) is 0 Å². The van der Waals surface area contributed by atoms with Gasteiger partial charge < -0.3 is 0 Å². The predicted molar refractivity (Wildman–Crippen MR) is 145 cm³/mol. The zero-order valence-corrected chi connectivity index (χ0v) is 25.6. The van der Waals surface area contributed by atoms with Crippen LogP contribution in [0.15, 0.2) is 77.5 Å². The van der Waals surface area contributed by atoms with Gasteiger partial charge in [-0.1, -0.05) is 9.46 Å². The molecule has 0 radical (unpaired) electrons. The summed E-state index contributed by atoms with van der Waals surface area (Å²) in [6, 6.07) is -1.52. The maximum atomic E-state index is 13.2. The third-order valence-electron chi connectivity index (χ3n) is 6.86. The highest BCUT2D eigenvalue weighted by molar-refractivity contribution is 7.87. The molecule has 5 rings (SSSR count). The second-order valence-corrected chi connectivity index (χ2v) is 13.4. The van der Waals surface area contributed by atoms with Crippen molar-refractivity contribution in [1.82, 2.24) is 9.46 Å². The number of alkyl halides is 12. The molecule has 0 aliphatic heterocycles. The molecule has 0 saturated carbocycles. The van der Waals surface area contributed by atoms with Gasteiger partial charge in [0, 0.05) is 0 Å². The first kappa shape index (κ1) is 37.8. The van der Waals surface area contributed by atoms with Crippen LogP contribution in [0, 0.1) is 0 Å². The SMILES string of the molecule is O=c1c2cc3c(=O)n(OS(=O)(=O)c4cc(C(F)(F)F)cc(C(F)(F)F)c4)c(=O)c3cc2c(=O)n1OS(=O)(=O)c1cc(C(F)(F)F)cc(C(F)(F)F)c1. The molecule has 0 aliphatic rings. The standard InChI is InChI=1S/C26H8F12N2O10S2/c27-23(28,29)9-1-10(24(30,31)32)4-13(3-9)51(45,46)49-39-19(41)15-7-17-18(8-16(15)20(39)42)22(44)40(21(17)43)50-52(47,48)14-5-11(25(33,34)35)2-12(6-14)26(36,37)38/h1-8H. The van der Waals surface area contributed by atoms with Crippen molar-refractivity contribution in [2.24, 2.45) is 0 Å². The summed E-state index contributed by atoms with van der Waals surface area (Å²) >= 11 is 0. The Morgan fingerprint density at radius 3 is 0.788 bits per heavy atom. The zero-order chi connectivity index (χ0) is 39.3. The van der Waals surface area contributed by atoms with E-state index < -0.39 is 142 Å². The van der Waals surface area contributed by atoms with Crippen LogP contribution in [-0.2, 0) is 44.9 Å². The third kappa shape index (κ3) is 6.69. The molecule has 0 spiro atoms. The van der Waals surface area contributed by atoms with E-state index in [9.17, 15) is 88.7 Å². The molecule has 278 valence electrons. The minimum Gasteiger partial charge on any atom is -0.277 e. The van der Waals surface area contributed by atoms with E-state index in [0.29, 0.717) is 12.1 Å². The van der Waals surface area contributed by atoms with Gasteiger partial charge in [0.05, 0.1) is 43.8 Å². The molecule has 2 aromatic heterocycles. The van der Waals surface area contributed by atoms with Crippen LogP contribution in [0.25, 0.3) is 21.5 Å². The maximum Gasteiger partial charge on any atom is 0.416 e. The van der Waals surface area contributed by atoms with Gasteiger partial charge in [-0.3, -0.25) is 27.7 Å². The number of fused-ring (bicyclic) bond motifs is 2. The van der Waals surface area contributed by atoms with Gasteiger partial charge in [0.1, 0.15) is 9.79 Å². The number of nitrogens with zero attached hydrogens (tertiary/aromatic N) is 2. The van der Waals surface area contributed by atoms with E-state index in [-0.39, 0.29) is 24.3 Å². The first-order valence-corrected chi connectivity index (χ1v) is 15.7. The summed E-state index contributed by atoms with van der Waals surface area (Å²) in [6.45, 7) is 0. The van der Waals surface area contributed by atoms with Gasteiger partial charge in [0.15, 0.2) is 0 Å². The molecule has 5 aromatic rings. The number of hydrogen-bond donors (Lipinski definition) is 0. The molecule has 0 amide bonds. The molecule has 0 bridgehead atoms. The van der Waals surface area contributed by atoms with Gasteiger partial charge in [-0.05, 0) is 48.5 Å². The van der Waals surface area contributed by atoms with E-state index in [1.807, 2.05) is 0 Å². The highest BCUT2D eigenvalue weighted by Gasteiger charge is 2.41. The molecule has 12 nitrogen and oxygen atoms in total.